The van der Waals surface area contributed by atoms with Gasteiger partial charge in [0, 0.05) is 18.0 Å². The van der Waals surface area contributed by atoms with Crippen molar-refractivity contribution in [3.63, 3.8) is 0 Å². The monoisotopic (exact) mass is 396 g/mol. The standard InChI is InChI=1S/C17H21BrN2O2S/c1-12(20(2)11-15-8-9-16(18)23-15)17(21)19-10-13-4-6-14(22-3)7-5-13/h4-9,12H,10-11H2,1-3H3,(H,19,21)/t12-/m1/s1. The predicted octanol–water partition coefficient (Wildman–Crippen LogP) is 3.66. The molecule has 1 amide bonds. The number of benzene rings is 1. The number of rotatable bonds is 7. The molecule has 4 nitrogen and oxygen atoms in total. The van der Waals surface area contributed by atoms with Crippen LogP contribution >= 0.6 is 27.3 Å². The van der Waals surface area contributed by atoms with Gasteiger partial charge in [-0.25, -0.2) is 0 Å². The molecule has 1 aromatic heterocycles. The van der Waals surface area contributed by atoms with Crippen molar-refractivity contribution in [1.29, 1.82) is 0 Å². The number of thiophene rings is 1. The Kier molecular flexibility index (Phi) is 6.62. The van der Waals surface area contributed by atoms with E-state index in [0.29, 0.717) is 6.54 Å². The Bertz CT molecular complexity index is 642. The van der Waals surface area contributed by atoms with Crippen LogP contribution < -0.4 is 10.1 Å². The smallest absolute Gasteiger partial charge is 0.237 e. The average molecular weight is 397 g/mol. The van der Waals surface area contributed by atoms with Crippen molar-refractivity contribution >= 4 is 33.2 Å². The van der Waals surface area contributed by atoms with Gasteiger partial charge in [-0.2, -0.15) is 0 Å². The molecule has 0 bridgehead atoms. The normalized spacial score (nSPS) is 12.2. The number of likely N-dealkylation sites (N-methyl/N-ethyl adjacent to an activating group) is 1. The second-order valence-corrected chi connectivity index (χ2v) is 7.91. The number of amides is 1. The molecule has 1 atom stereocenters. The maximum Gasteiger partial charge on any atom is 0.237 e. The summed E-state index contributed by atoms with van der Waals surface area (Å²) in [6.07, 6.45) is 0. The van der Waals surface area contributed by atoms with Gasteiger partial charge in [0.25, 0.3) is 0 Å². The Morgan fingerprint density at radius 3 is 2.57 bits per heavy atom. The summed E-state index contributed by atoms with van der Waals surface area (Å²) in [7, 11) is 3.60. The molecular weight excluding hydrogens is 376 g/mol. The number of hydrogen-bond donors (Lipinski definition) is 1. The van der Waals surface area contributed by atoms with Gasteiger partial charge in [0.05, 0.1) is 16.9 Å². The first-order valence-electron chi connectivity index (χ1n) is 7.34. The summed E-state index contributed by atoms with van der Waals surface area (Å²) in [5, 5.41) is 2.98. The lowest BCUT2D eigenvalue weighted by molar-refractivity contribution is -0.125. The van der Waals surface area contributed by atoms with Gasteiger partial charge in [0.15, 0.2) is 0 Å². The summed E-state index contributed by atoms with van der Waals surface area (Å²) >= 11 is 5.15. The highest BCUT2D eigenvalue weighted by atomic mass is 79.9. The second kappa shape index (κ2) is 8.47. The summed E-state index contributed by atoms with van der Waals surface area (Å²) in [5.41, 5.74) is 1.05. The van der Waals surface area contributed by atoms with Gasteiger partial charge in [-0.05, 0) is 59.7 Å². The number of methoxy groups -OCH3 is 1. The molecule has 23 heavy (non-hydrogen) atoms. The number of hydrogen-bond acceptors (Lipinski definition) is 4. The molecule has 0 aliphatic heterocycles. The van der Waals surface area contributed by atoms with E-state index in [2.05, 4.69) is 27.3 Å². The molecule has 0 unspecified atom stereocenters. The summed E-state index contributed by atoms with van der Waals surface area (Å²) in [5.74, 6) is 0.842. The van der Waals surface area contributed by atoms with Crippen molar-refractivity contribution in [2.24, 2.45) is 0 Å². The van der Waals surface area contributed by atoms with E-state index in [9.17, 15) is 4.79 Å². The maximum atomic E-state index is 12.3. The number of halogens is 1. The third-order valence-corrected chi connectivity index (χ3v) is 5.31. The van der Waals surface area contributed by atoms with Gasteiger partial charge in [-0.15, -0.1) is 11.3 Å². The third kappa shape index (κ3) is 5.34. The topological polar surface area (TPSA) is 41.6 Å². The summed E-state index contributed by atoms with van der Waals surface area (Å²) in [6.45, 7) is 3.20. The summed E-state index contributed by atoms with van der Waals surface area (Å²) < 4.78 is 6.24. The second-order valence-electron chi connectivity index (χ2n) is 5.36. The van der Waals surface area contributed by atoms with E-state index in [1.807, 2.05) is 49.2 Å². The van der Waals surface area contributed by atoms with Gasteiger partial charge < -0.3 is 10.1 Å². The van der Waals surface area contributed by atoms with Crippen LogP contribution in [0, 0.1) is 0 Å². The minimum absolute atomic E-state index is 0.0268. The lowest BCUT2D eigenvalue weighted by Gasteiger charge is -2.23. The Morgan fingerprint density at radius 1 is 1.30 bits per heavy atom. The van der Waals surface area contributed by atoms with Crippen molar-refractivity contribution in [3.05, 3.63) is 50.6 Å². The highest BCUT2D eigenvalue weighted by Gasteiger charge is 2.18. The molecule has 0 saturated heterocycles. The molecule has 6 heteroatoms. The van der Waals surface area contributed by atoms with Gasteiger partial charge in [0.1, 0.15) is 5.75 Å². The van der Waals surface area contributed by atoms with E-state index >= 15 is 0 Å². The van der Waals surface area contributed by atoms with Gasteiger partial charge >= 0.3 is 0 Å². The van der Waals surface area contributed by atoms with E-state index in [1.54, 1.807) is 18.4 Å². The zero-order valence-electron chi connectivity index (χ0n) is 13.5. The number of nitrogens with one attached hydrogen (secondary N) is 1. The molecule has 1 heterocycles. The van der Waals surface area contributed by atoms with Crippen LogP contribution in [0.15, 0.2) is 40.2 Å². The minimum Gasteiger partial charge on any atom is -0.497 e. The predicted molar refractivity (Wildman–Crippen MR) is 97.8 cm³/mol. The molecule has 0 aliphatic carbocycles. The first kappa shape index (κ1) is 18.0. The number of carbonyl (C=O) groups is 1. The maximum absolute atomic E-state index is 12.3. The molecular formula is C17H21BrN2O2S. The number of nitrogens with zero attached hydrogens (tertiary/aromatic N) is 1. The highest BCUT2D eigenvalue weighted by Crippen LogP contribution is 2.23. The van der Waals surface area contributed by atoms with Crippen molar-refractivity contribution in [1.82, 2.24) is 10.2 Å². The van der Waals surface area contributed by atoms with Crippen molar-refractivity contribution in [2.75, 3.05) is 14.2 Å². The van der Waals surface area contributed by atoms with Crippen LogP contribution in [0.4, 0.5) is 0 Å². The molecule has 1 N–H and O–H groups in total. The molecule has 0 fully saturated rings. The quantitative estimate of drug-likeness (QED) is 0.776. The average Bonchev–Trinajstić information content (AvgIpc) is 2.97. The first-order valence-corrected chi connectivity index (χ1v) is 8.95. The zero-order valence-corrected chi connectivity index (χ0v) is 15.9. The van der Waals surface area contributed by atoms with Gasteiger partial charge in [0.2, 0.25) is 5.91 Å². The zero-order chi connectivity index (χ0) is 16.8. The molecule has 0 aliphatic rings. The SMILES string of the molecule is COc1ccc(CNC(=O)[C@@H](C)N(C)Cc2ccc(Br)s2)cc1. The Labute approximate surface area is 149 Å². The fourth-order valence-corrected chi connectivity index (χ4v) is 3.65. The lowest BCUT2D eigenvalue weighted by atomic mass is 10.2. The van der Waals surface area contributed by atoms with Crippen LogP contribution in [0.5, 0.6) is 5.75 Å². The van der Waals surface area contributed by atoms with Crippen molar-refractivity contribution < 1.29 is 9.53 Å². The van der Waals surface area contributed by atoms with Crippen LogP contribution in [0.25, 0.3) is 0 Å². The van der Waals surface area contributed by atoms with Gasteiger partial charge in [-0.3, -0.25) is 9.69 Å². The van der Waals surface area contributed by atoms with Crippen LogP contribution in [-0.2, 0) is 17.9 Å². The van der Waals surface area contributed by atoms with E-state index in [4.69, 9.17) is 4.74 Å². The van der Waals surface area contributed by atoms with Crippen LogP contribution in [0.2, 0.25) is 0 Å². The molecule has 1 aromatic carbocycles. The Morgan fingerprint density at radius 2 is 2.00 bits per heavy atom. The lowest BCUT2D eigenvalue weighted by Crippen LogP contribution is -2.42. The fourth-order valence-electron chi connectivity index (χ4n) is 2.10. The number of carbonyl (C=O) groups excluding carboxylic acids is 1. The molecule has 124 valence electrons. The van der Waals surface area contributed by atoms with Crippen LogP contribution in [-0.4, -0.2) is 31.0 Å². The molecule has 2 rings (SSSR count). The fraction of sp³-hybridized carbons (Fsp3) is 0.353. The van der Waals surface area contributed by atoms with E-state index in [-0.39, 0.29) is 11.9 Å². The summed E-state index contributed by atoms with van der Waals surface area (Å²) in [6, 6.07) is 11.6. The minimum atomic E-state index is -0.186. The van der Waals surface area contributed by atoms with E-state index in [1.165, 1.54) is 4.88 Å². The summed E-state index contributed by atoms with van der Waals surface area (Å²) in [4.78, 5) is 15.6. The largest absolute Gasteiger partial charge is 0.497 e. The molecule has 0 spiro atoms. The van der Waals surface area contributed by atoms with E-state index in [0.717, 1.165) is 21.6 Å². The Balaban J connectivity index is 1.83. The van der Waals surface area contributed by atoms with Gasteiger partial charge in [-0.1, -0.05) is 12.1 Å². The van der Waals surface area contributed by atoms with Crippen molar-refractivity contribution in [3.8, 4) is 5.75 Å². The van der Waals surface area contributed by atoms with Crippen molar-refractivity contribution in [2.45, 2.75) is 26.1 Å². The third-order valence-electron chi connectivity index (χ3n) is 3.70. The van der Waals surface area contributed by atoms with E-state index < -0.39 is 0 Å². The molecule has 0 radical (unpaired) electrons. The molecule has 2 aromatic rings. The molecule has 0 saturated carbocycles. The van der Waals surface area contributed by atoms with Crippen LogP contribution in [0.3, 0.4) is 0 Å². The van der Waals surface area contributed by atoms with Crippen LogP contribution in [0.1, 0.15) is 17.4 Å². The first-order chi connectivity index (χ1) is 11.0. The Hall–Kier alpha value is -1.37. The number of ether oxygens (including phenoxy) is 1. The highest BCUT2D eigenvalue weighted by molar-refractivity contribution is 9.11.